The molecule has 0 bridgehead atoms. The van der Waals surface area contributed by atoms with Gasteiger partial charge in [0.05, 0.1) is 0 Å². The summed E-state index contributed by atoms with van der Waals surface area (Å²) in [5.74, 6) is 0.724. The molecule has 1 aromatic carbocycles. The second-order valence-corrected chi connectivity index (χ2v) is 8.47. The van der Waals surface area contributed by atoms with Crippen LogP contribution in [0.2, 0.25) is 0 Å². The van der Waals surface area contributed by atoms with Crippen LogP contribution in [0.3, 0.4) is 0 Å². The molecule has 0 saturated carbocycles. The number of aromatic hydroxyl groups is 1. The van der Waals surface area contributed by atoms with Gasteiger partial charge >= 0.3 is 0 Å². The maximum absolute atomic E-state index is 13.0. The van der Waals surface area contributed by atoms with Crippen LogP contribution in [-0.2, 0) is 10.8 Å². The summed E-state index contributed by atoms with van der Waals surface area (Å²) in [6.07, 6.45) is 1.66. The number of carbonyl (C=O) groups is 1. The zero-order chi connectivity index (χ0) is 19.0. The van der Waals surface area contributed by atoms with Crippen molar-refractivity contribution in [2.45, 2.75) is 52.4 Å². The summed E-state index contributed by atoms with van der Waals surface area (Å²) in [5, 5.41) is 10.8. The van der Waals surface area contributed by atoms with Crippen molar-refractivity contribution >= 4 is 11.7 Å². The van der Waals surface area contributed by atoms with Gasteiger partial charge in [0.2, 0.25) is 0 Å². The van der Waals surface area contributed by atoms with E-state index in [1.807, 2.05) is 53.7 Å². The fourth-order valence-electron chi connectivity index (χ4n) is 2.75. The molecule has 1 heterocycles. The molecule has 0 unspecified atom stereocenters. The van der Waals surface area contributed by atoms with Crippen molar-refractivity contribution in [3.8, 4) is 5.75 Å². The molecule has 134 valence electrons. The van der Waals surface area contributed by atoms with E-state index in [1.165, 1.54) is 4.90 Å². The molecule has 0 aliphatic heterocycles. The van der Waals surface area contributed by atoms with E-state index >= 15 is 0 Å². The van der Waals surface area contributed by atoms with Gasteiger partial charge in [-0.25, -0.2) is 4.98 Å². The predicted octanol–water partition coefficient (Wildman–Crippen LogP) is 4.66. The number of nitrogens with zero attached hydrogens (tertiary/aromatic N) is 2. The molecule has 0 fully saturated rings. The Morgan fingerprint density at radius 1 is 1.00 bits per heavy atom. The lowest BCUT2D eigenvalue weighted by Gasteiger charge is -2.28. The Bertz CT molecular complexity index is 734. The van der Waals surface area contributed by atoms with Gasteiger partial charge < -0.3 is 5.11 Å². The van der Waals surface area contributed by atoms with Gasteiger partial charge in [-0.2, -0.15) is 0 Å². The number of anilines is 1. The number of hydrogen-bond donors (Lipinski definition) is 1. The standard InChI is InChI=1S/C21H28N2O2/c1-20(2,3)15-12-14(13-16(18(15)24)21(4,5)6)19(25)23(7)17-10-8-9-11-22-17/h8-13,24H,1-7H3. The third-order valence-corrected chi connectivity index (χ3v) is 4.27. The van der Waals surface area contributed by atoms with Crippen LogP contribution in [-0.4, -0.2) is 23.0 Å². The Hall–Kier alpha value is -2.36. The molecule has 0 radical (unpaired) electrons. The molecule has 4 nitrogen and oxygen atoms in total. The van der Waals surface area contributed by atoms with E-state index in [0.29, 0.717) is 11.4 Å². The summed E-state index contributed by atoms with van der Waals surface area (Å²) < 4.78 is 0. The first-order valence-electron chi connectivity index (χ1n) is 8.50. The molecule has 0 aliphatic rings. The van der Waals surface area contributed by atoms with E-state index in [9.17, 15) is 9.90 Å². The lowest BCUT2D eigenvalue weighted by Crippen LogP contribution is -2.28. The quantitative estimate of drug-likeness (QED) is 0.865. The first-order chi connectivity index (χ1) is 11.4. The van der Waals surface area contributed by atoms with Gasteiger partial charge in [-0.3, -0.25) is 9.69 Å². The van der Waals surface area contributed by atoms with Crippen LogP contribution in [0.4, 0.5) is 5.82 Å². The summed E-state index contributed by atoms with van der Waals surface area (Å²) in [4.78, 5) is 18.8. The number of phenols is 1. The van der Waals surface area contributed by atoms with E-state index in [4.69, 9.17) is 0 Å². The highest BCUT2D eigenvalue weighted by atomic mass is 16.3. The summed E-state index contributed by atoms with van der Waals surface area (Å²) >= 11 is 0. The maximum atomic E-state index is 13.0. The second-order valence-electron chi connectivity index (χ2n) is 8.47. The van der Waals surface area contributed by atoms with E-state index in [2.05, 4.69) is 4.98 Å². The van der Waals surface area contributed by atoms with Gasteiger partial charge in [-0.1, -0.05) is 47.6 Å². The summed E-state index contributed by atoms with van der Waals surface area (Å²) in [6.45, 7) is 12.2. The predicted molar refractivity (Wildman–Crippen MR) is 102 cm³/mol. The average Bonchev–Trinajstić information content (AvgIpc) is 2.52. The Labute approximate surface area is 150 Å². The van der Waals surface area contributed by atoms with Crippen LogP contribution < -0.4 is 4.90 Å². The van der Waals surface area contributed by atoms with Crippen LogP contribution in [0, 0.1) is 0 Å². The first kappa shape index (κ1) is 19.0. The van der Waals surface area contributed by atoms with Crippen LogP contribution >= 0.6 is 0 Å². The third-order valence-electron chi connectivity index (χ3n) is 4.27. The Morgan fingerprint density at radius 3 is 1.92 bits per heavy atom. The summed E-state index contributed by atoms with van der Waals surface area (Å²) in [6, 6.07) is 9.06. The van der Waals surface area contributed by atoms with Crippen LogP contribution in [0.15, 0.2) is 36.5 Å². The molecule has 0 saturated heterocycles. The molecule has 0 aliphatic carbocycles. The molecule has 0 atom stereocenters. The minimum Gasteiger partial charge on any atom is -0.507 e. The Kier molecular flexibility index (Phi) is 4.94. The van der Waals surface area contributed by atoms with Crippen LogP contribution in [0.25, 0.3) is 0 Å². The highest BCUT2D eigenvalue weighted by Gasteiger charge is 2.28. The number of amides is 1. The van der Waals surface area contributed by atoms with Crippen molar-refractivity contribution in [2.24, 2.45) is 0 Å². The van der Waals surface area contributed by atoms with Crippen molar-refractivity contribution in [3.63, 3.8) is 0 Å². The zero-order valence-electron chi connectivity index (χ0n) is 16.2. The molecular formula is C21H28N2O2. The van der Waals surface area contributed by atoms with Crippen molar-refractivity contribution in [2.75, 3.05) is 11.9 Å². The van der Waals surface area contributed by atoms with Crippen LogP contribution in [0.1, 0.15) is 63.0 Å². The van der Waals surface area contributed by atoms with Crippen molar-refractivity contribution in [1.82, 2.24) is 4.98 Å². The monoisotopic (exact) mass is 340 g/mol. The molecule has 25 heavy (non-hydrogen) atoms. The minimum absolute atomic E-state index is 0.144. The summed E-state index contributed by atoms with van der Waals surface area (Å²) in [5.41, 5.74) is 1.56. The number of pyridine rings is 1. The van der Waals surface area contributed by atoms with Crippen molar-refractivity contribution in [1.29, 1.82) is 0 Å². The van der Waals surface area contributed by atoms with Gasteiger partial charge in [0.15, 0.2) is 0 Å². The molecule has 1 aromatic heterocycles. The van der Waals surface area contributed by atoms with Gasteiger partial charge in [-0.15, -0.1) is 0 Å². The number of rotatable bonds is 2. The van der Waals surface area contributed by atoms with Crippen LogP contribution in [0.5, 0.6) is 5.75 Å². The molecule has 0 spiro atoms. The molecule has 1 amide bonds. The van der Waals surface area contributed by atoms with E-state index in [-0.39, 0.29) is 22.5 Å². The smallest absolute Gasteiger partial charge is 0.259 e. The highest BCUT2D eigenvalue weighted by Crippen LogP contribution is 2.40. The van der Waals surface area contributed by atoms with E-state index in [1.54, 1.807) is 31.4 Å². The van der Waals surface area contributed by atoms with Gasteiger partial charge in [0, 0.05) is 29.9 Å². The number of aromatic nitrogens is 1. The molecule has 2 rings (SSSR count). The largest absolute Gasteiger partial charge is 0.507 e. The highest BCUT2D eigenvalue weighted by molar-refractivity contribution is 6.05. The number of hydrogen-bond acceptors (Lipinski definition) is 3. The first-order valence-corrected chi connectivity index (χ1v) is 8.50. The Balaban J connectivity index is 2.59. The van der Waals surface area contributed by atoms with Gasteiger partial charge in [-0.05, 0) is 35.1 Å². The number of phenolic OH excluding ortho intramolecular Hbond substituents is 1. The third kappa shape index (κ3) is 4.01. The fraction of sp³-hybridized carbons (Fsp3) is 0.429. The lowest BCUT2D eigenvalue weighted by atomic mass is 9.78. The van der Waals surface area contributed by atoms with Crippen molar-refractivity contribution in [3.05, 3.63) is 53.2 Å². The van der Waals surface area contributed by atoms with E-state index < -0.39 is 0 Å². The normalized spacial score (nSPS) is 12.1. The van der Waals surface area contributed by atoms with Gasteiger partial charge in [0.1, 0.15) is 11.6 Å². The maximum Gasteiger partial charge on any atom is 0.259 e. The van der Waals surface area contributed by atoms with Crippen molar-refractivity contribution < 1.29 is 9.90 Å². The topological polar surface area (TPSA) is 53.4 Å². The lowest BCUT2D eigenvalue weighted by molar-refractivity contribution is 0.0992. The summed E-state index contributed by atoms with van der Waals surface area (Å²) in [7, 11) is 1.71. The molecule has 2 aromatic rings. The number of carbonyl (C=O) groups excluding carboxylic acids is 1. The molecular weight excluding hydrogens is 312 g/mol. The molecule has 4 heteroatoms. The second kappa shape index (κ2) is 6.51. The van der Waals surface area contributed by atoms with E-state index in [0.717, 1.165) is 11.1 Å². The minimum atomic E-state index is -0.274. The van der Waals surface area contributed by atoms with Gasteiger partial charge in [0.25, 0.3) is 5.91 Å². The Morgan fingerprint density at radius 2 is 1.52 bits per heavy atom. The average molecular weight is 340 g/mol. The molecule has 1 N–H and O–H groups in total. The fourth-order valence-corrected chi connectivity index (χ4v) is 2.75. The SMILES string of the molecule is CN(C(=O)c1cc(C(C)(C)C)c(O)c(C(C)(C)C)c1)c1ccccn1. The zero-order valence-corrected chi connectivity index (χ0v) is 16.2. The number of benzene rings is 1.